The van der Waals surface area contributed by atoms with Gasteiger partial charge in [0, 0.05) is 47.6 Å². The van der Waals surface area contributed by atoms with Gasteiger partial charge < -0.3 is 9.47 Å². The number of aryl methyl sites for hydroxylation is 1. The monoisotopic (exact) mass is 363 g/mol. The number of aliphatic imine (C=N–C) groups is 1. The summed E-state index contributed by atoms with van der Waals surface area (Å²) in [6, 6.07) is 17.0. The van der Waals surface area contributed by atoms with Crippen molar-refractivity contribution >= 4 is 17.6 Å². The van der Waals surface area contributed by atoms with Gasteiger partial charge in [-0.05, 0) is 82.3 Å². The van der Waals surface area contributed by atoms with Crippen molar-refractivity contribution in [2.75, 3.05) is 18.0 Å². The number of aromatic nitrogens is 1. The Hall–Kier alpha value is -2.88. The number of nitrogens with zero attached hydrogens (tertiary/aromatic N) is 3. The van der Waals surface area contributed by atoms with Crippen molar-refractivity contribution in [3.8, 4) is 5.69 Å². The summed E-state index contributed by atoms with van der Waals surface area (Å²) in [5.41, 5.74) is 6.34. The number of benzene rings is 2. The maximum Gasteiger partial charge on any atom is 0.123 e. The van der Waals surface area contributed by atoms with Crippen LogP contribution in [-0.2, 0) is 0 Å². The predicted molar refractivity (Wildman–Crippen MR) is 112 cm³/mol. The molecule has 27 heavy (non-hydrogen) atoms. The highest BCUT2D eigenvalue weighted by Gasteiger charge is 2.09. The van der Waals surface area contributed by atoms with Crippen molar-refractivity contribution in [3.05, 3.63) is 77.4 Å². The second kappa shape index (κ2) is 8.21. The highest BCUT2D eigenvalue weighted by molar-refractivity contribution is 5.84. The minimum atomic E-state index is -0.226. The minimum Gasteiger partial charge on any atom is -0.372 e. The topological polar surface area (TPSA) is 20.5 Å². The summed E-state index contributed by atoms with van der Waals surface area (Å²) in [5.74, 6) is -0.226. The first-order valence-electron chi connectivity index (χ1n) is 9.37. The van der Waals surface area contributed by atoms with E-state index in [2.05, 4.69) is 53.4 Å². The number of rotatable bonds is 6. The molecule has 0 unspecified atom stereocenters. The SMILES string of the molecule is CCN(CC)c1ccc(N=Cc2cc(C)n(-c3ccc(F)cc3)c2C)cc1. The van der Waals surface area contributed by atoms with Gasteiger partial charge in [-0.25, -0.2) is 4.39 Å². The van der Waals surface area contributed by atoms with Crippen molar-refractivity contribution in [1.29, 1.82) is 0 Å². The van der Waals surface area contributed by atoms with Crippen molar-refractivity contribution in [1.82, 2.24) is 4.57 Å². The maximum absolute atomic E-state index is 13.2. The van der Waals surface area contributed by atoms with Crippen LogP contribution >= 0.6 is 0 Å². The zero-order valence-corrected chi connectivity index (χ0v) is 16.4. The van der Waals surface area contributed by atoms with E-state index in [9.17, 15) is 4.39 Å². The van der Waals surface area contributed by atoms with Gasteiger partial charge in [0.1, 0.15) is 5.82 Å². The standard InChI is InChI=1S/C23H26FN3/c1-5-26(6-2)22-13-9-21(10-14-22)25-16-19-15-17(3)27(18(19)4)23-11-7-20(24)8-12-23/h7-16H,5-6H2,1-4H3. The molecule has 0 saturated carbocycles. The van der Waals surface area contributed by atoms with Crippen LogP contribution in [0, 0.1) is 19.7 Å². The summed E-state index contributed by atoms with van der Waals surface area (Å²) >= 11 is 0. The summed E-state index contributed by atoms with van der Waals surface area (Å²) in [5, 5.41) is 0. The fourth-order valence-electron chi connectivity index (χ4n) is 3.39. The molecule has 0 amide bonds. The fourth-order valence-corrected chi connectivity index (χ4v) is 3.39. The maximum atomic E-state index is 13.2. The number of hydrogen-bond donors (Lipinski definition) is 0. The number of hydrogen-bond acceptors (Lipinski definition) is 2. The van der Waals surface area contributed by atoms with Crippen molar-refractivity contribution < 1.29 is 4.39 Å². The summed E-state index contributed by atoms with van der Waals surface area (Å²) in [6.07, 6.45) is 1.90. The van der Waals surface area contributed by atoms with Gasteiger partial charge in [0.05, 0.1) is 5.69 Å². The molecule has 0 spiro atoms. The first-order valence-corrected chi connectivity index (χ1v) is 9.37. The van der Waals surface area contributed by atoms with Crippen molar-refractivity contribution in [3.63, 3.8) is 0 Å². The molecular weight excluding hydrogens is 337 g/mol. The van der Waals surface area contributed by atoms with Gasteiger partial charge in [-0.1, -0.05) is 0 Å². The molecule has 0 aliphatic heterocycles. The van der Waals surface area contributed by atoms with E-state index >= 15 is 0 Å². The molecule has 0 bridgehead atoms. The average Bonchev–Trinajstić information content (AvgIpc) is 2.96. The third-order valence-corrected chi connectivity index (χ3v) is 4.89. The van der Waals surface area contributed by atoms with E-state index < -0.39 is 0 Å². The summed E-state index contributed by atoms with van der Waals surface area (Å²) in [6.45, 7) is 10.4. The van der Waals surface area contributed by atoms with E-state index in [4.69, 9.17) is 0 Å². The van der Waals surface area contributed by atoms with Crippen LogP contribution in [0.3, 0.4) is 0 Å². The van der Waals surface area contributed by atoms with Crippen LogP contribution in [0.4, 0.5) is 15.8 Å². The lowest BCUT2D eigenvalue weighted by molar-refractivity contribution is 0.627. The second-order valence-corrected chi connectivity index (χ2v) is 6.59. The lowest BCUT2D eigenvalue weighted by atomic mass is 10.2. The molecule has 3 aromatic rings. The Morgan fingerprint density at radius 1 is 0.963 bits per heavy atom. The zero-order chi connectivity index (χ0) is 19.4. The lowest BCUT2D eigenvalue weighted by Crippen LogP contribution is -2.21. The quantitative estimate of drug-likeness (QED) is 0.505. The summed E-state index contributed by atoms with van der Waals surface area (Å²) in [4.78, 5) is 6.94. The Morgan fingerprint density at radius 3 is 2.19 bits per heavy atom. The molecule has 0 saturated heterocycles. The number of halogens is 1. The highest BCUT2D eigenvalue weighted by Crippen LogP contribution is 2.22. The van der Waals surface area contributed by atoms with E-state index in [0.717, 1.165) is 41.4 Å². The van der Waals surface area contributed by atoms with Crippen LogP contribution in [0.5, 0.6) is 0 Å². The normalized spacial score (nSPS) is 11.3. The Kier molecular flexibility index (Phi) is 5.75. The van der Waals surface area contributed by atoms with Gasteiger partial charge >= 0.3 is 0 Å². The van der Waals surface area contributed by atoms with Crippen LogP contribution in [0.2, 0.25) is 0 Å². The molecule has 0 radical (unpaired) electrons. The minimum absolute atomic E-state index is 0.226. The third-order valence-electron chi connectivity index (χ3n) is 4.89. The van der Waals surface area contributed by atoms with E-state index in [1.54, 1.807) is 12.1 Å². The Bertz CT molecular complexity index is 918. The van der Waals surface area contributed by atoms with Crippen LogP contribution in [-0.4, -0.2) is 23.9 Å². The largest absolute Gasteiger partial charge is 0.372 e. The second-order valence-electron chi connectivity index (χ2n) is 6.59. The van der Waals surface area contributed by atoms with Gasteiger partial charge in [0.2, 0.25) is 0 Å². The van der Waals surface area contributed by atoms with Gasteiger partial charge in [-0.3, -0.25) is 4.99 Å². The molecule has 3 rings (SSSR count). The highest BCUT2D eigenvalue weighted by atomic mass is 19.1. The smallest absolute Gasteiger partial charge is 0.123 e. The molecule has 1 heterocycles. The van der Waals surface area contributed by atoms with Crippen molar-refractivity contribution in [2.24, 2.45) is 4.99 Å². The van der Waals surface area contributed by atoms with Crippen LogP contribution in [0.15, 0.2) is 59.6 Å². The molecule has 0 fully saturated rings. The van der Waals surface area contributed by atoms with Crippen LogP contribution < -0.4 is 4.90 Å². The van der Waals surface area contributed by atoms with E-state index in [1.165, 1.54) is 17.8 Å². The average molecular weight is 363 g/mol. The fraction of sp³-hybridized carbons (Fsp3) is 0.261. The van der Waals surface area contributed by atoms with Crippen molar-refractivity contribution in [2.45, 2.75) is 27.7 Å². The Labute approximate surface area is 160 Å². The van der Waals surface area contributed by atoms with Gasteiger partial charge in [-0.2, -0.15) is 0 Å². The van der Waals surface area contributed by atoms with Crippen LogP contribution in [0.25, 0.3) is 5.69 Å². The zero-order valence-electron chi connectivity index (χ0n) is 16.4. The molecule has 4 heteroatoms. The molecule has 140 valence electrons. The molecule has 1 aromatic heterocycles. The van der Waals surface area contributed by atoms with E-state index in [0.29, 0.717) is 0 Å². The Morgan fingerprint density at radius 2 is 1.59 bits per heavy atom. The molecule has 0 aliphatic rings. The molecular formula is C23H26FN3. The predicted octanol–water partition coefficient (Wildman–Crippen LogP) is 5.83. The van der Waals surface area contributed by atoms with E-state index in [-0.39, 0.29) is 5.82 Å². The molecule has 0 aliphatic carbocycles. The summed E-state index contributed by atoms with van der Waals surface area (Å²) < 4.78 is 15.3. The Balaban J connectivity index is 1.84. The van der Waals surface area contributed by atoms with Gasteiger partial charge in [-0.15, -0.1) is 0 Å². The third kappa shape index (κ3) is 4.11. The molecule has 0 atom stereocenters. The first-order chi connectivity index (χ1) is 13.0. The van der Waals surface area contributed by atoms with Crippen LogP contribution in [0.1, 0.15) is 30.8 Å². The molecule has 0 N–H and O–H groups in total. The molecule has 3 nitrogen and oxygen atoms in total. The summed E-state index contributed by atoms with van der Waals surface area (Å²) in [7, 11) is 0. The first kappa shape index (κ1) is 18.9. The van der Waals surface area contributed by atoms with E-state index in [1.807, 2.05) is 25.3 Å². The number of anilines is 1. The molecule has 2 aromatic carbocycles. The van der Waals surface area contributed by atoms with Gasteiger partial charge in [0.25, 0.3) is 0 Å². The lowest BCUT2D eigenvalue weighted by Gasteiger charge is -2.20. The van der Waals surface area contributed by atoms with Gasteiger partial charge in [0.15, 0.2) is 0 Å².